The number of hydrogen-bond donors (Lipinski definition) is 2. The molecule has 0 saturated heterocycles. The minimum absolute atomic E-state index is 0.0988. The Labute approximate surface area is 145 Å². The third kappa shape index (κ3) is 3.38. The summed E-state index contributed by atoms with van der Waals surface area (Å²) in [6.07, 6.45) is 4.05. The molecule has 0 bridgehead atoms. The van der Waals surface area contributed by atoms with Crippen LogP contribution in [-0.4, -0.2) is 22.7 Å². The van der Waals surface area contributed by atoms with Crippen molar-refractivity contribution in [2.45, 2.75) is 27.2 Å². The molecule has 0 aromatic heterocycles. The first-order chi connectivity index (χ1) is 11.7. The summed E-state index contributed by atoms with van der Waals surface area (Å²) >= 11 is 0. The molecule has 0 fully saturated rings. The van der Waals surface area contributed by atoms with Crippen LogP contribution in [0.25, 0.3) is 0 Å². The van der Waals surface area contributed by atoms with Crippen molar-refractivity contribution in [3.63, 3.8) is 0 Å². The van der Waals surface area contributed by atoms with Crippen LogP contribution in [0.2, 0.25) is 0 Å². The van der Waals surface area contributed by atoms with Gasteiger partial charge in [0.1, 0.15) is 5.82 Å². The van der Waals surface area contributed by atoms with Crippen LogP contribution in [0.3, 0.4) is 0 Å². The average molecular weight is 344 g/mol. The Morgan fingerprint density at radius 3 is 2.80 bits per heavy atom. The van der Waals surface area contributed by atoms with E-state index in [1.54, 1.807) is 6.92 Å². The Hall–Kier alpha value is -2.76. The lowest BCUT2D eigenvalue weighted by atomic mass is 9.69. The normalized spacial score (nSPS) is 21.8. The second-order valence-corrected chi connectivity index (χ2v) is 6.29. The largest absolute Gasteiger partial charge is 0.478 e. The molecular formula is C19H21FN2O3. The van der Waals surface area contributed by atoms with Gasteiger partial charge in [0, 0.05) is 6.42 Å². The van der Waals surface area contributed by atoms with Gasteiger partial charge in [-0.1, -0.05) is 31.7 Å². The number of allylic oxidation sites excluding steroid dienone is 2. The number of amides is 1. The Morgan fingerprint density at radius 2 is 2.20 bits per heavy atom. The van der Waals surface area contributed by atoms with Crippen LogP contribution < -0.4 is 5.43 Å². The van der Waals surface area contributed by atoms with Crippen molar-refractivity contribution in [2.75, 3.05) is 0 Å². The molecule has 2 unspecified atom stereocenters. The molecule has 2 N–H and O–H groups in total. The molecule has 2 rings (SSSR count). The molecule has 1 amide bonds. The summed E-state index contributed by atoms with van der Waals surface area (Å²) in [6.45, 7) is 9.66. The van der Waals surface area contributed by atoms with Crippen LogP contribution in [-0.2, 0) is 11.2 Å². The molecule has 1 aliphatic rings. The second-order valence-electron chi connectivity index (χ2n) is 6.29. The van der Waals surface area contributed by atoms with E-state index in [-0.39, 0.29) is 18.2 Å². The number of halogens is 1. The highest BCUT2D eigenvalue weighted by Gasteiger charge is 2.44. The lowest BCUT2D eigenvalue weighted by Gasteiger charge is -2.37. The minimum atomic E-state index is -1.33. The highest BCUT2D eigenvalue weighted by molar-refractivity contribution is 6.10. The first-order valence-corrected chi connectivity index (χ1v) is 7.93. The molecule has 6 heteroatoms. The Kier molecular flexibility index (Phi) is 5.21. The number of carbonyl (C=O) groups is 2. The van der Waals surface area contributed by atoms with Crippen molar-refractivity contribution >= 4 is 17.6 Å². The van der Waals surface area contributed by atoms with Crippen molar-refractivity contribution in [1.29, 1.82) is 0 Å². The van der Waals surface area contributed by atoms with E-state index >= 15 is 0 Å². The molecule has 0 saturated carbocycles. The van der Waals surface area contributed by atoms with E-state index in [9.17, 15) is 14.0 Å². The maximum Gasteiger partial charge on any atom is 0.338 e. The molecule has 0 radical (unpaired) electrons. The molecular weight excluding hydrogens is 323 g/mol. The predicted molar refractivity (Wildman–Crippen MR) is 93.9 cm³/mol. The molecule has 0 aliphatic carbocycles. The molecule has 1 aromatic rings. The van der Waals surface area contributed by atoms with E-state index in [0.717, 1.165) is 6.07 Å². The number of benzene rings is 1. The molecule has 0 spiro atoms. The maximum atomic E-state index is 13.5. The molecule has 25 heavy (non-hydrogen) atoms. The van der Waals surface area contributed by atoms with Crippen LogP contribution in [0.4, 0.5) is 4.39 Å². The van der Waals surface area contributed by atoms with E-state index < -0.39 is 22.8 Å². The van der Waals surface area contributed by atoms with E-state index in [4.69, 9.17) is 5.11 Å². The number of aromatic carboxylic acids is 1. The zero-order valence-electron chi connectivity index (χ0n) is 14.5. The van der Waals surface area contributed by atoms with Gasteiger partial charge >= 0.3 is 5.97 Å². The number of nitrogens with zero attached hydrogens (tertiary/aromatic N) is 1. The quantitative estimate of drug-likeness (QED) is 0.804. The standard InChI is InChI=1S/C19H21FN2O3/c1-5-6-11(2)19(4)12(3)16(21-22-18(19)25)10-13-7-8-15(20)14(9-13)17(23)24/h5-9,11H,3,10H2,1-2,4H3,(H,22,25)(H,23,24)/b6-5-. The number of carbonyl (C=O) groups excluding carboxylic acids is 1. The van der Waals surface area contributed by atoms with Gasteiger partial charge in [0.25, 0.3) is 5.91 Å². The van der Waals surface area contributed by atoms with Gasteiger partial charge in [-0.05, 0) is 43.0 Å². The number of hydrogen-bond acceptors (Lipinski definition) is 3. The molecule has 2 atom stereocenters. The van der Waals surface area contributed by atoms with Crippen LogP contribution in [0.1, 0.15) is 36.7 Å². The number of hydrazone groups is 1. The van der Waals surface area contributed by atoms with Crippen LogP contribution in [0.15, 0.2) is 47.6 Å². The fourth-order valence-corrected chi connectivity index (χ4v) is 2.89. The lowest BCUT2D eigenvalue weighted by Crippen LogP contribution is -2.48. The van der Waals surface area contributed by atoms with Crippen LogP contribution >= 0.6 is 0 Å². The van der Waals surface area contributed by atoms with Gasteiger partial charge < -0.3 is 5.11 Å². The molecule has 1 aromatic carbocycles. The van der Waals surface area contributed by atoms with Gasteiger partial charge in [0.2, 0.25) is 0 Å². The summed E-state index contributed by atoms with van der Waals surface area (Å²) in [4.78, 5) is 23.5. The minimum Gasteiger partial charge on any atom is -0.478 e. The lowest BCUT2D eigenvalue weighted by molar-refractivity contribution is -0.130. The predicted octanol–water partition coefficient (Wildman–Crippen LogP) is 3.33. The van der Waals surface area contributed by atoms with E-state index in [0.29, 0.717) is 16.8 Å². The molecule has 1 heterocycles. The molecule has 132 valence electrons. The highest BCUT2D eigenvalue weighted by Crippen LogP contribution is 2.39. The van der Waals surface area contributed by atoms with Crippen molar-refractivity contribution < 1.29 is 19.1 Å². The van der Waals surface area contributed by atoms with E-state index in [1.165, 1.54) is 12.1 Å². The third-order valence-corrected chi connectivity index (χ3v) is 4.76. The van der Waals surface area contributed by atoms with Gasteiger partial charge in [0.05, 0.1) is 16.7 Å². The van der Waals surface area contributed by atoms with Crippen molar-refractivity contribution in [1.82, 2.24) is 5.43 Å². The van der Waals surface area contributed by atoms with Crippen molar-refractivity contribution in [2.24, 2.45) is 16.4 Å². The molecule has 5 nitrogen and oxygen atoms in total. The summed E-state index contributed by atoms with van der Waals surface area (Å²) in [7, 11) is 0. The summed E-state index contributed by atoms with van der Waals surface area (Å²) in [5.74, 6) is -2.46. The zero-order valence-corrected chi connectivity index (χ0v) is 14.5. The topological polar surface area (TPSA) is 78.8 Å². The van der Waals surface area contributed by atoms with Crippen LogP contribution in [0.5, 0.6) is 0 Å². The zero-order chi connectivity index (χ0) is 18.8. The van der Waals surface area contributed by atoms with Gasteiger partial charge in [-0.15, -0.1) is 0 Å². The summed E-state index contributed by atoms with van der Waals surface area (Å²) in [5.41, 5.74) is 2.96. The van der Waals surface area contributed by atoms with Gasteiger partial charge in [-0.2, -0.15) is 5.10 Å². The summed E-state index contributed by atoms with van der Waals surface area (Å²) in [5, 5.41) is 13.1. The Bertz CT molecular complexity index is 798. The van der Waals surface area contributed by atoms with E-state index in [1.807, 2.05) is 26.0 Å². The van der Waals surface area contributed by atoms with E-state index in [2.05, 4.69) is 17.1 Å². The SMILES string of the molecule is C=C1C(Cc2ccc(F)c(C(=O)O)c2)=NNC(=O)C1(C)C(C)/C=C\C. The number of carboxylic acid groups (broad SMARTS) is 1. The smallest absolute Gasteiger partial charge is 0.338 e. The average Bonchev–Trinajstić information content (AvgIpc) is 2.57. The molecule has 1 aliphatic heterocycles. The Balaban J connectivity index is 2.35. The monoisotopic (exact) mass is 344 g/mol. The first kappa shape index (κ1) is 18.6. The summed E-state index contributed by atoms with van der Waals surface area (Å²) < 4.78 is 13.5. The van der Waals surface area contributed by atoms with Gasteiger partial charge in [0.15, 0.2) is 0 Å². The summed E-state index contributed by atoms with van der Waals surface area (Å²) in [6, 6.07) is 3.89. The fraction of sp³-hybridized carbons (Fsp3) is 0.316. The van der Waals surface area contributed by atoms with Crippen molar-refractivity contribution in [3.05, 3.63) is 59.4 Å². The Morgan fingerprint density at radius 1 is 1.52 bits per heavy atom. The second kappa shape index (κ2) is 7.01. The van der Waals surface area contributed by atoms with Gasteiger partial charge in [-0.25, -0.2) is 14.6 Å². The van der Waals surface area contributed by atoms with Gasteiger partial charge in [-0.3, -0.25) is 4.79 Å². The number of rotatable bonds is 5. The first-order valence-electron chi connectivity index (χ1n) is 7.93. The fourth-order valence-electron chi connectivity index (χ4n) is 2.89. The third-order valence-electron chi connectivity index (χ3n) is 4.76. The number of nitrogens with one attached hydrogen (secondary N) is 1. The number of carboxylic acids is 1. The maximum absolute atomic E-state index is 13.5. The highest BCUT2D eigenvalue weighted by atomic mass is 19.1. The van der Waals surface area contributed by atoms with Crippen LogP contribution in [0, 0.1) is 17.2 Å². The van der Waals surface area contributed by atoms with Crippen molar-refractivity contribution in [3.8, 4) is 0 Å².